The van der Waals surface area contributed by atoms with Crippen molar-refractivity contribution < 1.29 is 0 Å². The average molecular weight is 456 g/mol. The van der Waals surface area contributed by atoms with E-state index in [1.807, 2.05) is 12.1 Å². The van der Waals surface area contributed by atoms with E-state index in [2.05, 4.69) is 89.7 Å². The quantitative estimate of drug-likeness (QED) is 0.180. The highest BCUT2D eigenvalue weighted by molar-refractivity contribution is 5.83. The van der Waals surface area contributed by atoms with Gasteiger partial charge in [-0.25, -0.2) is 0 Å². The first-order valence-electron chi connectivity index (χ1n) is 11.6. The lowest BCUT2D eigenvalue weighted by atomic mass is 10.1. The average Bonchev–Trinajstić information content (AvgIpc) is 3.47. The third-order valence-electron chi connectivity index (χ3n) is 5.77. The van der Waals surface area contributed by atoms with Gasteiger partial charge in [0, 0.05) is 60.4 Å². The zero-order chi connectivity index (χ0) is 23.2. The summed E-state index contributed by atoms with van der Waals surface area (Å²) in [6, 6.07) is 16.6. The lowest BCUT2D eigenvalue weighted by molar-refractivity contribution is 0.928. The maximum absolute atomic E-state index is 5.64. The third kappa shape index (κ3) is 4.94. The van der Waals surface area contributed by atoms with Crippen LogP contribution < -0.4 is 21.7 Å². The standard InChI is InChI=1S/C25H29N9/c26-11-14-29-25-33-23(27-12-9-17-15-30-21-7-3-1-5-19(17)21)32-24(34-25)28-13-10-18-16-31-22-8-4-2-6-20(18)22/h1-8,15-16,30-31H,9-14,26H2,(H3,27,28,29,32,33,34). The summed E-state index contributed by atoms with van der Waals surface area (Å²) in [6.07, 6.45) is 5.83. The van der Waals surface area contributed by atoms with Crippen LogP contribution in [0.2, 0.25) is 0 Å². The Labute approximate surface area is 197 Å². The first-order valence-corrected chi connectivity index (χ1v) is 11.6. The molecule has 3 aromatic heterocycles. The van der Waals surface area contributed by atoms with Crippen LogP contribution in [0.4, 0.5) is 17.8 Å². The molecule has 0 spiro atoms. The highest BCUT2D eigenvalue weighted by atomic mass is 15.3. The summed E-state index contributed by atoms with van der Waals surface area (Å²) in [5.74, 6) is 1.57. The first-order chi connectivity index (χ1) is 16.8. The van der Waals surface area contributed by atoms with Crippen LogP contribution >= 0.6 is 0 Å². The van der Waals surface area contributed by atoms with Crippen LogP contribution in [0.5, 0.6) is 0 Å². The van der Waals surface area contributed by atoms with Crippen molar-refractivity contribution in [1.82, 2.24) is 24.9 Å². The van der Waals surface area contributed by atoms with E-state index in [0.29, 0.717) is 44.0 Å². The van der Waals surface area contributed by atoms with Gasteiger partial charge in [0.15, 0.2) is 0 Å². The van der Waals surface area contributed by atoms with Crippen molar-refractivity contribution >= 4 is 39.7 Å². The van der Waals surface area contributed by atoms with Gasteiger partial charge in [0.25, 0.3) is 0 Å². The van der Waals surface area contributed by atoms with E-state index in [9.17, 15) is 0 Å². The number of rotatable bonds is 11. The number of nitrogens with one attached hydrogen (secondary N) is 5. The van der Waals surface area contributed by atoms with Crippen LogP contribution in [0.3, 0.4) is 0 Å². The number of benzene rings is 2. The molecule has 0 aliphatic heterocycles. The third-order valence-corrected chi connectivity index (χ3v) is 5.77. The van der Waals surface area contributed by atoms with Gasteiger partial charge in [-0.2, -0.15) is 15.0 Å². The van der Waals surface area contributed by atoms with Gasteiger partial charge in [-0.15, -0.1) is 0 Å². The number of fused-ring (bicyclic) bond motifs is 2. The summed E-state index contributed by atoms with van der Waals surface area (Å²) in [4.78, 5) is 20.2. The lowest BCUT2D eigenvalue weighted by Crippen LogP contribution is -2.18. The molecular formula is C25H29N9. The minimum atomic E-state index is 0.498. The van der Waals surface area contributed by atoms with E-state index in [4.69, 9.17) is 5.73 Å². The number of hydrogen-bond acceptors (Lipinski definition) is 7. The zero-order valence-electron chi connectivity index (χ0n) is 18.9. The van der Waals surface area contributed by atoms with Crippen molar-refractivity contribution in [2.24, 2.45) is 5.73 Å². The van der Waals surface area contributed by atoms with Crippen LogP contribution in [0.1, 0.15) is 11.1 Å². The predicted molar refractivity (Wildman–Crippen MR) is 138 cm³/mol. The van der Waals surface area contributed by atoms with E-state index in [1.54, 1.807) is 0 Å². The summed E-state index contributed by atoms with van der Waals surface area (Å²) in [5.41, 5.74) is 10.5. The van der Waals surface area contributed by atoms with Gasteiger partial charge in [-0.05, 0) is 36.1 Å². The molecule has 0 aliphatic carbocycles. The van der Waals surface area contributed by atoms with Crippen LogP contribution in [0.15, 0.2) is 60.9 Å². The Morgan fingerprint density at radius 1 is 0.618 bits per heavy atom. The fraction of sp³-hybridized carbons (Fsp3) is 0.240. The number of aromatic amines is 2. The highest BCUT2D eigenvalue weighted by Crippen LogP contribution is 2.19. The number of nitrogens with zero attached hydrogens (tertiary/aromatic N) is 3. The molecular weight excluding hydrogens is 426 g/mol. The number of aromatic nitrogens is 5. The molecule has 0 unspecified atom stereocenters. The molecule has 5 aromatic rings. The second kappa shape index (κ2) is 10.2. The van der Waals surface area contributed by atoms with Gasteiger partial charge < -0.3 is 31.7 Å². The number of nitrogens with two attached hydrogens (primary N) is 1. The number of H-pyrrole nitrogens is 2. The molecule has 0 saturated heterocycles. The van der Waals surface area contributed by atoms with Crippen molar-refractivity contribution in [2.45, 2.75) is 12.8 Å². The maximum Gasteiger partial charge on any atom is 0.229 e. The molecule has 174 valence electrons. The van der Waals surface area contributed by atoms with Gasteiger partial charge in [-0.3, -0.25) is 0 Å². The largest absolute Gasteiger partial charge is 0.361 e. The second-order valence-corrected chi connectivity index (χ2v) is 8.09. The molecule has 34 heavy (non-hydrogen) atoms. The normalized spacial score (nSPS) is 11.2. The van der Waals surface area contributed by atoms with E-state index < -0.39 is 0 Å². The SMILES string of the molecule is NCCNc1nc(NCCc2c[nH]c3ccccc23)nc(NCCc2c[nH]c3ccccc23)n1. The highest BCUT2D eigenvalue weighted by Gasteiger charge is 2.09. The molecule has 0 bridgehead atoms. The van der Waals surface area contributed by atoms with Crippen molar-refractivity contribution in [3.63, 3.8) is 0 Å². The Morgan fingerprint density at radius 2 is 1.06 bits per heavy atom. The summed E-state index contributed by atoms with van der Waals surface area (Å²) < 4.78 is 0. The van der Waals surface area contributed by atoms with Gasteiger partial charge >= 0.3 is 0 Å². The molecule has 0 fully saturated rings. The number of anilines is 3. The summed E-state index contributed by atoms with van der Waals surface area (Å²) in [7, 11) is 0. The van der Waals surface area contributed by atoms with Gasteiger partial charge in [0.2, 0.25) is 17.8 Å². The fourth-order valence-corrected chi connectivity index (χ4v) is 4.09. The van der Waals surface area contributed by atoms with Crippen LogP contribution in [0.25, 0.3) is 21.8 Å². The Kier molecular flexibility index (Phi) is 6.53. The fourth-order valence-electron chi connectivity index (χ4n) is 4.09. The molecule has 0 aliphatic rings. The second-order valence-electron chi connectivity index (χ2n) is 8.09. The molecule has 9 heteroatoms. The molecule has 7 N–H and O–H groups in total. The smallest absolute Gasteiger partial charge is 0.229 e. The first kappa shape index (κ1) is 21.7. The Morgan fingerprint density at radius 3 is 1.53 bits per heavy atom. The van der Waals surface area contributed by atoms with Crippen molar-refractivity contribution in [1.29, 1.82) is 0 Å². The minimum Gasteiger partial charge on any atom is -0.361 e. The molecule has 0 saturated carbocycles. The molecule has 5 rings (SSSR count). The molecule has 0 amide bonds. The molecule has 0 atom stereocenters. The number of para-hydroxylation sites is 2. The molecule has 0 radical (unpaired) electrons. The van der Waals surface area contributed by atoms with E-state index >= 15 is 0 Å². The summed E-state index contributed by atoms with van der Waals surface area (Å²) in [6.45, 7) is 2.50. The lowest BCUT2D eigenvalue weighted by Gasteiger charge is -2.11. The predicted octanol–water partition coefficient (Wildman–Crippen LogP) is 3.51. The molecule has 2 aromatic carbocycles. The molecule has 9 nitrogen and oxygen atoms in total. The van der Waals surface area contributed by atoms with Gasteiger partial charge in [-0.1, -0.05) is 36.4 Å². The minimum absolute atomic E-state index is 0.498. The van der Waals surface area contributed by atoms with E-state index in [0.717, 1.165) is 23.9 Å². The van der Waals surface area contributed by atoms with Gasteiger partial charge in [0.05, 0.1) is 0 Å². The van der Waals surface area contributed by atoms with E-state index in [1.165, 1.54) is 21.9 Å². The Balaban J connectivity index is 1.23. The molecule has 3 heterocycles. The Bertz CT molecular complexity index is 1270. The topological polar surface area (TPSA) is 132 Å². The number of hydrogen-bond donors (Lipinski definition) is 6. The van der Waals surface area contributed by atoms with Crippen molar-refractivity contribution in [3.8, 4) is 0 Å². The Hall–Kier alpha value is -4.11. The van der Waals surface area contributed by atoms with Crippen molar-refractivity contribution in [2.75, 3.05) is 42.1 Å². The monoisotopic (exact) mass is 455 g/mol. The summed E-state index contributed by atoms with van der Waals surface area (Å²) >= 11 is 0. The zero-order valence-corrected chi connectivity index (χ0v) is 18.9. The van der Waals surface area contributed by atoms with Crippen LogP contribution in [0, 0.1) is 0 Å². The van der Waals surface area contributed by atoms with Gasteiger partial charge in [0.1, 0.15) is 0 Å². The van der Waals surface area contributed by atoms with Crippen LogP contribution in [-0.2, 0) is 12.8 Å². The van der Waals surface area contributed by atoms with E-state index in [-0.39, 0.29) is 0 Å². The maximum atomic E-state index is 5.64. The van der Waals surface area contributed by atoms with Crippen molar-refractivity contribution in [3.05, 3.63) is 72.1 Å². The summed E-state index contributed by atoms with van der Waals surface area (Å²) in [5, 5.41) is 12.3. The van der Waals surface area contributed by atoms with Crippen LogP contribution in [-0.4, -0.2) is 51.1 Å².